The molecule has 2 heterocycles. The predicted molar refractivity (Wildman–Crippen MR) is 150 cm³/mol. The maximum atomic E-state index is 14.2. The molecule has 0 bridgehead atoms. The summed E-state index contributed by atoms with van der Waals surface area (Å²) in [5, 5.41) is 13.2. The van der Waals surface area contributed by atoms with Gasteiger partial charge in [0.05, 0.1) is 28.8 Å². The Morgan fingerprint density at radius 2 is 1.74 bits per heavy atom. The van der Waals surface area contributed by atoms with Gasteiger partial charge in [-0.1, -0.05) is 42.5 Å². The highest BCUT2D eigenvalue weighted by Crippen LogP contribution is 2.29. The quantitative estimate of drug-likeness (QED) is 0.347. The molecule has 0 saturated heterocycles. The lowest BCUT2D eigenvalue weighted by molar-refractivity contribution is 0.731. The molecule has 9 nitrogen and oxygen atoms in total. The summed E-state index contributed by atoms with van der Waals surface area (Å²) >= 11 is 0. The standard InChI is InChI=1S/C29H26N8O/c1-18(33-26-20(16-30)17-32-29(31)35-26)27-34-24-11-7-10-23(19-12-14-21(15-13-19)36(2)3)25(24)28(38)37(27)22-8-5-4-6-9-22/h4-15,17-18H,1-3H3,(H3,31,32,33,35)/t18-/m1/s1. The molecule has 0 aliphatic rings. The van der Waals surface area contributed by atoms with E-state index in [0.717, 1.165) is 16.8 Å². The van der Waals surface area contributed by atoms with Crippen molar-refractivity contribution in [2.45, 2.75) is 13.0 Å². The van der Waals surface area contributed by atoms with Crippen molar-refractivity contribution in [2.24, 2.45) is 0 Å². The third-order valence-electron chi connectivity index (χ3n) is 6.30. The molecule has 0 fully saturated rings. The van der Waals surface area contributed by atoms with Crippen LogP contribution in [0.25, 0.3) is 27.7 Å². The highest BCUT2D eigenvalue weighted by atomic mass is 16.1. The number of nitrogen functional groups attached to an aromatic ring is 1. The fraction of sp³-hybridized carbons (Fsp3) is 0.138. The number of nitrogens with two attached hydrogens (primary N) is 1. The lowest BCUT2D eigenvalue weighted by Crippen LogP contribution is -2.28. The Balaban J connectivity index is 1.72. The summed E-state index contributed by atoms with van der Waals surface area (Å²) in [6.45, 7) is 1.86. The van der Waals surface area contributed by atoms with Gasteiger partial charge >= 0.3 is 0 Å². The third kappa shape index (κ3) is 4.51. The second kappa shape index (κ2) is 10.0. The number of rotatable bonds is 6. The van der Waals surface area contributed by atoms with E-state index in [2.05, 4.69) is 21.4 Å². The lowest BCUT2D eigenvalue weighted by atomic mass is 10.0. The monoisotopic (exact) mass is 502 g/mol. The maximum Gasteiger partial charge on any atom is 0.266 e. The van der Waals surface area contributed by atoms with Crippen LogP contribution >= 0.6 is 0 Å². The van der Waals surface area contributed by atoms with Crippen LogP contribution in [-0.2, 0) is 0 Å². The first-order chi connectivity index (χ1) is 18.4. The molecule has 5 rings (SSSR count). The molecule has 0 unspecified atom stereocenters. The Hall–Kier alpha value is -5.23. The maximum absolute atomic E-state index is 14.2. The van der Waals surface area contributed by atoms with Gasteiger partial charge in [-0.2, -0.15) is 10.2 Å². The van der Waals surface area contributed by atoms with Gasteiger partial charge in [0.15, 0.2) is 0 Å². The zero-order valence-corrected chi connectivity index (χ0v) is 21.3. The van der Waals surface area contributed by atoms with E-state index in [1.54, 1.807) is 4.57 Å². The number of nitrogens with one attached hydrogen (secondary N) is 1. The summed E-state index contributed by atoms with van der Waals surface area (Å²) < 4.78 is 1.61. The van der Waals surface area contributed by atoms with Crippen LogP contribution in [0.1, 0.15) is 24.4 Å². The molecule has 0 aliphatic carbocycles. The second-order valence-electron chi connectivity index (χ2n) is 9.06. The molecule has 38 heavy (non-hydrogen) atoms. The number of nitrogens with zero attached hydrogens (tertiary/aromatic N) is 6. The highest BCUT2D eigenvalue weighted by molar-refractivity contribution is 5.94. The minimum Gasteiger partial charge on any atom is -0.378 e. The average Bonchev–Trinajstić information content (AvgIpc) is 2.93. The molecule has 0 amide bonds. The number of anilines is 3. The van der Waals surface area contributed by atoms with E-state index in [1.807, 2.05) is 98.7 Å². The molecule has 0 radical (unpaired) electrons. The van der Waals surface area contributed by atoms with Crippen molar-refractivity contribution >= 4 is 28.4 Å². The number of hydrogen-bond donors (Lipinski definition) is 2. The smallest absolute Gasteiger partial charge is 0.266 e. The largest absolute Gasteiger partial charge is 0.378 e. The molecular formula is C29H26N8O. The van der Waals surface area contributed by atoms with E-state index in [0.29, 0.717) is 22.4 Å². The number of aromatic nitrogens is 4. The van der Waals surface area contributed by atoms with Crippen LogP contribution in [0, 0.1) is 11.3 Å². The highest BCUT2D eigenvalue weighted by Gasteiger charge is 2.21. The predicted octanol–water partition coefficient (Wildman–Crippen LogP) is 4.54. The van der Waals surface area contributed by atoms with Crippen molar-refractivity contribution in [1.29, 1.82) is 5.26 Å². The van der Waals surface area contributed by atoms with Gasteiger partial charge in [-0.3, -0.25) is 9.36 Å². The number of benzene rings is 3. The van der Waals surface area contributed by atoms with E-state index in [1.165, 1.54) is 6.20 Å². The summed E-state index contributed by atoms with van der Waals surface area (Å²) in [7, 11) is 3.98. The van der Waals surface area contributed by atoms with Crippen LogP contribution in [0.4, 0.5) is 17.5 Å². The Kier molecular flexibility index (Phi) is 6.46. The molecule has 1 atom stereocenters. The van der Waals surface area contributed by atoms with Crippen LogP contribution in [0.2, 0.25) is 0 Å². The first-order valence-electron chi connectivity index (χ1n) is 12.1. The van der Waals surface area contributed by atoms with Crippen molar-refractivity contribution in [3.05, 3.63) is 101 Å². The summed E-state index contributed by atoms with van der Waals surface area (Å²) in [5.74, 6) is 0.779. The SMILES string of the molecule is C[C@@H](Nc1nc(N)ncc1C#N)c1nc2cccc(-c3ccc(N(C)C)cc3)c2c(=O)n1-c1ccccc1. The zero-order chi connectivity index (χ0) is 26.8. The summed E-state index contributed by atoms with van der Waals surface area (Å²) in [5.41, 5.74) is 9.86. The minimum absolute atomic E-state index is 0.0375. The topological polar surface area (TPSA) is 126 Å². The fourth-order valence-electron chi connectivity index (χ4n) is 4.40. The van der Waals surface area contributed by atoms with Crippen LogP contribution in [0.3, 0.4) is 0 Å². The first-order valence-corrected chi connectivity index (χ1v) is 12.1. The van der Waals surface area contributed by atoms with Crippen molar-refractivity contribution in [1.82, 2.24) is 19.5 Å². The van der Waals surface area contributed by atoms with E-state index in [9.17, 15) is 10.1 Å². The second-order valence-corrected chi connectivity index (χ2v) is 9.06. The van der Waals surface area contributed by atoms with Gasteiger partial charge in [-0.25, -0.2) is 9.97 Å². The summed E-state index contributed by atoms with van der Waals surface area (Å²) in [6, 6.07) is 24.7. The number of fused-ring (bicyclic) bond motifs is 1. The minimum atomic E-state index is -0.503. The van der Waals surface area contributed by atoms with Crippen LogP contribution < -0.4 is 21.5 Å². The normalized spacial score (nSPS) is 11.6. The van der Waals surface area contributed by atoms with Crippen molar-refractivity contribution in [3.63, 3.8) is 0 Å². The Morgan fingerprint density at radius 3 is 2.42 bits per heavy atom. The molecule has 188 valence electrons. The van der Waals surface area contributed by atoms with E-state index in [4.69, 9.17) is 10.7 Å². The van der Waals surface area contributed by atoms with Crippen LogP contribution in [0.15, 0.2) is 83.8 Å². The molecule has 0 aliphatic heterocycles. The molecule has 3 N–H and O–H groups in total. The molecule has 2 aromatic heterocycles. The molecule has 5 aromatic rings. The Labute approximate surface area is 219 Å². The first kappa shape index (κ1) is 24.5. The summed E-state index contributed by atoms with van der Waals surface area (Å²) in [4.78, 5) is 29.3. The van der Waals surface area contributed by atoms with Crippen molar-refractivity contribution < 1.29 is 0 Å². The summed E-state index contributed by atoms with van der Waals surface area (Å²) in [6.07, 6.45) is 1.36. The van der Waals surface area contributed by atoms with Gasteiger partial charge < -0.3 is 16.0 Å². The third-order valence-corrected chi connectivity index (χ3v) is 6.30. The van der Waals surface area contributed by atoms with E-state index < -0.39 is 6.04 Å². The molecule has 0 saturated carbocycles. The molecule has 0 spiro atoms. The van der Waals surface area contributed by atoms with Gasteiger partial charge in [0, 0.05) is 19.8 Å². The zero-order valence-electron chi connectivity index (χ0n) is 21.3. The van der Waals surface area contributed by atoms with Crippen molar-refractivity contribution in [2.75, 3.05) is 30.0 Å². The van der Waals surface area contributed by atoms with Crippen molar-refractivity contribution in [3.8, 4) is 22.9 Å². The van der Waals surface area contributed by atoms with Gasteiger partial charge in [0.2, 0.25) is 5.95 Å². The van der Waals surface area contributed by atoms with Crippen LogP contribution in [0.5, 0.6) is 0 Å². The van der Waals surface area contributed by atoms with Crippen LogP contribution in [-0.4, -0.2) is 33.6 Å². The van der Waals surface area contributed by atoms with Gasteiger partial charge in [0.1, 0.15) is 23.3 Å². The fourth-order valence-corrected chi connectivity index (χ4v) is 4.40. The lowest BCUT2D eigenvalue weighted by Gasteiger charge is -2.21. The molecule has 3 aromatic carbocycles. The van der Waals surface area contributed by atoms with Gasteiger partial charge in [-0.05, 0) is 48.4 Å². The van der Waals surface area contributed by atoms with Gasteiger partial charge in [-0.15, -0.1) is 0 Å². The number of para-hydroxylation sites is 1. The Bertz CT molecular complexity index is 1720. The molecule has 9 heteroatoms. The Morgan fingerprint density at radius 1 is 1.00 bits per heavy atom. The number of hydrogen-bond acceptors (Lipinski definition) is 8. The average molecular weight is 503 g/mol. The van der Waals surface area contributed by atoms with E-state index in [-0.39, 0.29) is 22.9 Å². The van der Waals surface area contributed by atoms with E-state index >= 15 is 0 Å². The number of nitriles is 1. The molecular weight excluding hydrogens is 476 g/mol. The van der Waals surface area contributed by atoms with Gasteiger partial charge in [0.25, 0.3) is 5.56 Å².